The molecular weight excluding hydrogens is 218 g/mol. The summed E-state index contributed by atoms with van der Waals surface area (Å²) in [6.45, 7) is 6.16. The minimum absolute atomic E-state index is 0.133. The average Bonchev–Trinajstić information content (AvgIpc) is 2.74. The zero-order valence-corrected chi connectivity index (χ0v) is 11.0. The van der Waals surface area contributed by atoms with E-state index in [0.717, 1.165) is 12.3 Å². The van der Waals surface area contributed by atoms with Crippen LogP contribution in [0.15, 0.2) is 15.2 Å². The minimum atomic E-state index is -0.363. The van der Waals surface area contributed by atoms with Crippen molar-refractivity contribution in [1.29, 1.82) is 0 Å². The molecule has 0 heterocycles. The highest BCUT2D eigenvalue weighted by atomic mass is 32.1. The Hall–Kier alpha value is -0.600. The minimum Gasteiger partial charge on any atom is -0.200 e. The van der Waals surface area contributed by atoms with Crippen molar-refractivity contribution in [2.45, 2.75) is 57.7 Å². The number of hydrogen-bond donors (Lipinski definition) is 0. The van der Waals surface area contributed by atoms with Gasteiger partial charge in [0, 0.05) is 5.92 Å². The normalized spacial score (nSPS) is 37.9. The van der Waals surface area contributed by atoms with Gasteiger partial charge in [-0.05, 0) is 64.6 Å². The van der Waals surface area contributed by atoms with E-state index in [0.29, 0.717) is 5.92 Å². The fourth-order valence-electron chi connectivity index (χ4n) is 2.87. The van der Waals surface area contributed by atoms with Gasteiger partial charge >= 0.3 is 0 Å². The van der Waals surface area contributed by atoms with E-state index in [2.05, 4.69) is 41.2 Å². The molecule has 0 N–H and O–H groups in total. The summed E-state index contributed by atoms with van der Waals surface area (Å²) in [6.07, 6.45) is 4.79. The summed E-state index contributed by atoms with van der Waals surface area (Å²) >= 11 is 4.77. The molecule has 2 bridgehead atoms. The standard InChI is InChI=1S/C12H19N3S/c1-11(2,3)14-15-12(13-8-16)7-9-4-5-10(12)6-9/h9-10H,4-7H2,1-3H3/b15-14+. The van der Waals surface area contributed by atoms with Gasteiger partial charge in [-0.2, -0.15) is 15.2 Å². The summed E-state index contributed by atoms with van der Waals surface area (Å²) in [6, 6.07) is 0. The number of fused-ring (bicyclic) bond motifs is 2. The number of aliphatic imine (C=N–C) groups is 1. The number of thiocarbonyl (C=S) groups is 1. The number of nitrogens with zero attached hydrogens (tertiary/aromatic N) is 3. The highest BCUT2D eigenvalue weighted by Gasteiger charge is 2.52. The Labute approximate surface area is 102 Å². The van der Waals surface area contributed by atoms with E-state index in [9.17, 15) is 0 Å². The van der Waals surface area contributed by atoms with Crippen molar-refractivity contribution >= 4 is 17.4 Å². The molecule has 2 rings (SSSR count). The van der Waals surface area contributed by atoms with Crippen molar-refractivity contribution in [3.8, 4) is 0 Å². The van der Waals surface area contributed by atoms with E-state index < -0.39 is 0 Å². The lowest BCUT2D eigenvalue weighted by molar-refractivity contribution is 0.265. The van der Waals surface area contributed by atoms with Crippen molar-refractivity contribution in [3.63, 3.8) is 0 Å². The van der Waals surface area contributed by atoms with Gasteiger partial charge in [-0.15, -0.1) is 0 Å². The summed E-state index contributed by atoms with van der Waals surface area (Å²) in [5.41, 5.74) is -0.496. The molecule has 0 aliphatic heterocycles. The second-order valence-electron chi connectivity index (χ2n) is 6.03. The largest absolute Gasteiger partial charge is 0.200 e. The maximum Gasteiger partial charge on any atom is 0.183 e. The zero-order valence-electron chi connectivity index (χ0n) is 10.2. The summed E-state index contributed by atoms with van der Waals surface area (Å²) in [4.78, 5) is 4.35. The third-order valence-electron chi connectivity index (χ3n) is 3.55. The topological polar surface area (TPSA) is 37.1 Å². The summed E-state index contributed by atoms with van der Waals surface area (Å²) < 4.78 is 0. The van der Waals surface area contributed by atoms with Crippen LogP contribution in [0, 0.1) is 11.8 Å². The number of azo groups is 1. The smallest absolute Gasteiger partial charge is 0.183 e. The maximum atomic E-state index is 4.77. The van der Waals surface area contributed by atoms with Gasteiger partial charge in [0.15, 0.2) is 5.66 Å². The highest BCUT2D eigenvalue weighted by molar-refractivity contribution is 7.78. The van der Waals surface area contributed by atoms with Crippen molar-refractivity contribution in [2.75, 3.05) is 0 Å². The van der Waals surface area contributed by atoms with Gasteiger partial charge < -0.3 is 0 Å². The Balaban J connectivity index is 2.24. The lowest BCUT2D eigenvalue weighted by Gasteiger charge is -2.28. The third-order valence-corrected chi connectivity index (χ3v) is 3.64. The second-order valence-corrected chi connectivity index (χ2v) is 6.22. The summed E-state index contributed by atoms with van der Waals surface area (Å²) in [5, 5.41) is 11.4. The average molecular weight is 237 g/mol. The lowest BCUT2D eigenvalue weighted by Crippen LogP contribution is -2.31. The van der Waals surface area contributed by atoms with Gasteiger partial charge in [0.05, 0.1) is 10.7 Å². The van der Waals surface area contributed by atoms with Crippen LogP contribution in [0.25, 0.3) is 0 Å². The van der Waals surface area contributed by atoms with Crippen LogP contribution in [-0.4, -0.2) is 16.4 Å². The maximum absolute atomic E-state index is 4.77. The molecular formula is C12H19N3S. The molecule has 0 saturated heterocycles. The van der Waals surface area contributed by atoms with Crippen LogP contribution in [0.1, 0.15) is 46.5 Å². The molecule has 2 aliphatic rings. The summed E-state index contributed by atoms with van der Waals surface area (Å²) in [5.74, 6) is 1.31. The molecule has 3 nitrogen and oxygen atoms in total. The van der Waals surface area contributed by atoms with Crippen LogP contribution in [0.2, 0.25) is 0 Å². The van der Waals surface area contributed by atoms with Gasteiger partial charge in [0.2, 0.25) is 0 Å². The molecule has 3 unspecified atom stereocenters. The van der Waals surface area contributed by atoms with Crippen LogP contribution in [0.3, 0.4) is 0 Å². The fourth-order valence-corrected chi connectivity index (χ4v) is 3.03. The highest BCUT2D eigenvalue weighted by Crippen LogP contribution is 2.53. The second kappa shape index (κ2) is 4.01. The van der Waals surface area contributed by atoms with Crippen molar-refractivity contribution in [3.05, 3.63) is 0 Å². The van der Waals surface area contributed by atoms with Gasteiger partial charge in [-0.3, -0.25) is 0 Å². The molecule has 0 amide bonds. The molecule has 2 fully saturated rings. The Bertz CT molecular complexity index is 352. The molecule has 4 heteroatoms. The van der Waals surface area contributed by atoms with Gasteiger partial charge in [0.1, 0.15) is 0 Å². The predicted octanol–water partition coefficient (Wildman–Crippen LogP) is 3.86. The van der Waals surface area contributed by atoms with E-state index in [4.69, 9.17) is 12.2 Å². The zero-order chi connectivity index (χ0) is 11.8. The quantitative estimate of drug-likeness (QED) is 0.408. The molecule has 2 saturated carbocycles. The van der Waals surface area contributed by atoms with E-state index in [-0.39, 0.29) is 11.2 Å². The van der Waals surface area contributed by atoms with E-state index in [1.165, 1.54) is 19.3 Å². The van der Waals surface area contributed by atoms with Gasteiger partial charge in [-0.25, -0.2) is 0 Å². The predicted molar refractivity (Wildman–Crippen MR) is 67.8 cm³/mol. The van der Waals surface area contributed by atoms with Crippen LogP contribution in [0.4, 0.5) is 0 Å². The van der Waals surface area contributed by atoms with Crippen LogP contribution in [-0.2, 0) is 0 Å². The number of hydrogen-bond acceptors (Lipinski definition) is 4. The van der Waals surface area contributed by atoms with Crippen LogP contribution >= 0.6 is 12.2 Å². The first-order chi connectivity index (χ1) is 7.45. The molecule has 88 valence electrons. The molecule has 3 atom stereocenters. The molecule has 0 aromatic carbocycles. The van der Waals surface area contributed by atoms with Crippen molar-refractivity contribution in [1.82, 2.24) is 0 Å². The lowest BCUT2D eigenvalue weighted by atomic mass is 9.90. The Kier molecular flexibility index (Phi) is 2.97. The van der Waals surface area contributed by atoms with Gasteiger partial charge in [0.25, 0.3) is 0 Å². The SMILES string of the molecule is CC(C)(C)/N=N/C1(N=C=S)CC2CCC1C2. The van der Waals surface area contributed by atoms with Gasteiger partial charge in [-0.1, -0.05) is 0 Å². The van der Waals surface area contributed by atoms with E-state index >= 15 is 0 Å². The Morgan fingerprint density at radius 2 is 2.06 bits per heavy atom. The first-order valence-corrected chi connectivity index (χ1v) is 6.39. The molecule has 0 radical (unpaired) electrons. The molecule has 0 spiro atoms. The molecule has 2 aliphatic carbocycles. The molecule has 0 aromatic heterocycles. The Morgan fingerprint density at radius 1 is 1.31 bits per heavy atom. The van der Waals surface area contributed by atoms with Crippen molar-refractivity contribution < 1.29 is 0 Å². The third kappa shape index (κ3) is 2.23. The fraction of sp³-hybridized carbons (Fsp3) is 0.917. The Morgan fingerprint density at radius 3 is 2.50 bits per heavy atom. The number of rotatable bonds is 2. The monoisotopic (exact) mass is 237 g/mol. The molecule has 0 aromatic rings. The van der Waals surface area contributed by atoms with E-state index in [1.54, 1.807) is 0 Å². The molecule has 16 heavy (non-hydrogen) atoms. The van der Waals surface area contributed by atoms with Crippen LogP contribution in [0.5, 0.6) is 0 Å². The van der Waals surface area contributed by atoms with Crippen molar-refractivity contribution in [2.24, 2.45) is 27.1 Å². The summed E-state index contributed by atoms with van der Waals surface area (Å²) in [7, 11) is 0. The first kappa shape index (κ1) is 11.9. The van der Waals surface area contributed by atoms with Crippen LogP contribution < -0.4 is 0 Å². The number of isothiocyanates is 1. The van der Waals surface area contributed by atoms with E-state index in [1.807, 2.05) is 0 Å². The first-order valence-electron chi connectivity index (χ1n) is 5.98.